The summed E-state index contributed by atoms with van der Waals surface area (Å²) in [6, 6.07) is 16.7. The van der Waals surface area contributed by atoms with Crippen LogP contribution < -0.4 is 0 Å². The van der Waals surface area contributed by atoms with Crippen molar-refractivity contribution in [2.24, 2.45) is 0 Å². The molecule has 0 bridgehead atoms. The van der Waals surface area contributed by atoms with E-state index in [1.165, 1.54) is 0 Å². The Morgan fingerprint density at radius 1 is 1.00 bits per heavy atom. The average molecular weight is 282 g/mol. The minimum atomic E-state index is 0.0140. The third kappa shape index (κ3) is 2.30. The van der Waals surface area contributed by atoms with Gasteiger partial charge in [-0.05, 0) is 36.8 Å². The summed E-state index contributed by atoms with van der Waals surface area (Å²) in [4.78, 5) is 16.7. The number of benzene rings is 2. The van der Waals surface area contributed by atoms with Crippen molar-refractivity contribution in [3.8, 4) is 0 Å². The van der Waals surface area contributed by atoms with Crippen LogP contribution in [0.4, 0.5) is 0 Å². The first-order valence-electron chi connectivity index (χ1n) is 6.32. The van der Waals surface area contributed by atoms with Crippen LogP contribution in [0.1, 0.15) is 21.5 Å². The number of nitrogens with zero attached hydrogens (tertiary/aromatic N) is 1. The van der Waals surface area contributed by atoms with Crippen molar-refractivity contribution in [3.05, 3.63) is 76.4 Å². The van der Waals surface area contributed by atoms with Gasteiger partial charge in [0.2, 0.25) is 0 Å². The van der Waals surface area contributed by atoms with E-state index in [0.29, 0.717) is 16.3 Å². The molecule has 0 amide bonds. The Morgan fingerprint density at radius 2 is 1.75 bits per heavy atom. The lowest BCUT2D eigenvalue weighted by Crippen LogP contribution is -2.01. The van der Waals surface area contributed by atoms with Gasteiger partial charge in [0.15, 0.2) is 5.78 Å². The zero-order valence-corrected chi connectivity index (χ0v) is 11.7. The predicted octanol–water partition coefficient (Wildman–Crippen LogP) is 4.43. The standard InChI is InChI=1S/C17H12ClNO/c1-11-9-14-10-13(7-8-15(14)19-17(11)18)16(20)12-5-3-2-4-6-12/h2-10H,1H3. The van der Waals surface area contributed by atoms with E-state index < -0.39 is 0 Å². The fourth-order valence-electron chi connectivity index (χ4n) is 2.16. The van der Waals surface area contributed by atoms with E-state index in [-0.39, 0.29) is 5.78 Å². The minimum Gasteiger partial charge on any atom is -0.289 e. The topological polar surface area (TPSA) is 30.0 Å². The molecule has 0 aliphatic carbocycles. The SMILES string of the molecule is Cc1cc2cc(C(=O)c3ccccc3)ccc2nc1Cl. The lowest BCUT2D eigenvalue weighted by molar-refractivity contribution is 0.103. The van der Waals surface area contributed by atoms with Crippen molar-refractivity contribution in [2.75, 3.05) is 0 Å². The van der Waals surface area contributed by atoms with Gasteiger partial charge in [0.25, 0.3) is 0 Å². The molecule has 0 atom stereocenters. The van der Waals surface area contributed by atoms with E-state index in [2.05, 4.69) is 4.98 Å². The van der Waals surface area contributed by atoms with Gasteiger partial charge < -0.3 is 0 Å². The molecule has 0 aliphatic rings. The fraction of sp³-hybridized carbons (Fsp3) is 0.0588. The van der Waals surface area contributed by atoms with Crippen molar-refractivity contribution in [1.82, 2.24) is 4.98 Å². The van der Waals surface area contributed by atoms with Gasteiger partial charge in [0, 0.05) is 16.5 Å². The number of ketones is 1. The summed E-state index contributed by atoms with van der Waals surface area (Å²) in [5, 5.41) is 1.42. The molecular formula is C17H12ClNO. The molecule has 3 heteroatoms. The summed E-state index contributed by atoms with van der Waals surface area (Å²) in [5.74, 6) is 0.0140. The monoisotopic (exact) mass is 281 g/mol. The Hall–Kier alpha value is -2.19. The fourth-order valence-corrected chi connectivity index (χ4v) is 2.30. The first-order chi connectivity index (χ1) is 9.65. The Morgan fingerprint density at radius 3 is 2.50 bits per heavy atom. The van der Waals surface area contributed by atoms with Crippen LogP contribution in [-0.2, 0) is 0 Å². The number of halogens is 1. The van der Waals surface area contributed by atoms with E-state index in [0.717, 1.165) is 16.5 Å². The number of carbonyl (C=O) groups excluding carboxylic acids is 1. The molecule has 0 N–H and O–H groups in total. The molecule has 2 nitrogen and oxygen atoms in total. The molecule has 0 spiro atoms. The van der Waals surface area contributed by atoms with Gasteiger partial charge in [-0.1, -0.05) is 41.9 Å². The first kappa shape index (κ1) is 12.8. The minimum absolute atomic E-state index is 0.0140. The van der Waals surface area contributed by atoms with Crippen LogP contribution in [0.3, 0.4) is 0 Å². The van der Waals surface area contributed by atoms with E-state index in [1.54, 1.807) is 6.07 Å². The Bertz CT molecular complexity index is 797. The maximum absolute atomic E-state index is 12.4. The van der Waals surface area contributed by atoms with Gasteiger partial charge in [0.1, 0.15) is 5.15 Å². The van der Waals surface area contributed by atoms with Gasteiger partial charge in [-0.15, -0.1) is 0 Å². The highest BCUT2D eigenvalue weighted by molar-refractivity contribution is 6.30. The molecule has 0 fully saturated rings. The number of aromatic nitrogens is 1. The van der Waals surface area contributed by atoms with Crippen LogP contribution >= 0.6 is 11.6 Å². The molecule has 20 heavy (non-hydrogen) atoms. The van der Waals surface area contributed by atoms with Crippen LogP contribution in [0.25, 0.3) is 10.9 Å². The van der Waals surface area contributed by atoms with Gasteiger partial charge in [-0.3, -0.25) is 4.79 Å². The number of carbonyl (C=O) groups is 1. The smallest absolute Gasteiger partial charge is 0.193 e. The normalized spacial score (nSPS) is 10.7. The number of pyridine rings is 1. The largest absolute Gasteiger partial charge is 0.289 e. The number of hydrogen-bond acceptors (Lipinski definition) is 2. The summed E-state index contributed by atoms with van der Waals surface area (Å²) in [7, 11) is 0. The number of fused-ring (bicyclic) bond motifs is 1. The van der Waals surface area contributed by atoms with E-state index in [1.807, 2.05) is 55.5 Å². The molecule has 3 rings (SSSR count). The maximum atomic E-state index is 12.4. The molecule has 0 radical (unpaired) electrons. The molecule has 0 saturated carbocycles. The summed E-state index contributed by atoms with van der Waals surface area (Å²) >= 11 is 6.01. The highest BCUT2D eigenvalue weighted by atomic mass is 35.5. The van der Waals surface area contributed by atoms with Crippen molar-refractivity contribution in [1.29, 1.82) is 0 Å². The molecule has 1 aromatic heterocycles. The maximum Gasteiger partial charge on any atom is 0.193 e. The molecule has 1 heterocycles. The second kappa shape index (κ2) is 5.06. The Balaban J connectivity index is 2.09. The highest BCUT2D eigenvalue weighted by Crippen LogP contribution is 2.22. The molecule has 3 aromatic rings. The highest BCUT2D eigenvalue weighted by Gasteiger charge is 2.10. The van der Waals surface area contributed by atoms with Crippen LogP contribution in [-0.4, -0.2) is 10.8 Å². The summed E-state index contributed by atoms with van der Waals surface area (Å²) in [5.41, 5.74) is 3.05. The van der Waals surface area contributed by atoms with Crippen LogP contribution in [0.2, 0.25) is 5.15 Å². The van der Waals surface area contributed by atoms with Gasteiger partial charge in [-0.2, -0.15) is 0 Å². The molecule has 0 unspecified atom stereocenters. The van der Waals surface area contributed by atoms with Crippen molar-refractivity contribution < 1.29 is 4.79 Å². The van der Waals surface area contributed by atoms with E-state index in [4.69, 9.17) is 11.6 Å². The summed E-state index contributed by atoms with van der Waals surface area (Å²) < 4.78 is 0. The van der Waals surface area contributed by atoms with Crippen LogP contribution in [0, 0.1) is 6.92 Å². The Labute approximate surface area is 122 Å². The van der Waals surface area contributed by atoms with E-state index >= 15 is 0 Å². The average Bonchev–Trinajstić information content (AvgIpc) is 2.48. The molecular weight excluding hydrogens is 270 g/mol. The zero-order valence-electron chi connectivity index (χ0n) is 10.9. The number of aryl methyl sites for hydroxylation is 1. The second-order valence-corrected chi connectivity index (χ2v) is 5.06. The quantitative estimate of drug-likeness (QED) is 0.514. The summed E-state index contributed by atoms with van der Waals surface area (Å²) in [6.07, 6.45) is 0. The lowest BCUT2D eigenvalue weighted by Gasteiger charge is -2.05. The zero-order chi connectivity index (χ0) is 14.1. The molecule has 0 saturated heterocycles. The van der Waals surface area contributed by atoms with E-state index in [9.17, 15) is 4.79 Å². The second-order valence-electron chi connectivity index (χ2n) is 4.70. The number of rotatable bonds is 2. The van der Waals surface area contributed by atoms with Crippen LogP contribution in [0.5, 0.6) is 0 Å². The van der Waals surface area contributed by atoms with Crippen LogP contribution in [0.15, 0.2) is 54.6 Å². The number of hydrogen-bond donors (Lipinski definition) is 0. The third-order valence-electron chi connectivity index (χ3n) is 3.24. The molecule has 98 valence electrons. The predicted molar refractivity (Wildman–Crippen MR) is 81.4 cm³/mol. The molecule has 0 aliphatic heterocycles. The van der Waals surface area contributed by atoms with Gasteiger partial charge in [0.05, 0.1) is 5.52 Å². The van der Waals surface area contributed by atoms with Crippen molar-refractivity contribution in [3.63, 3.8) is 0 Å². The van der Waals surface area contributed by atoms with Crippen molar-refractivity contribution >= 4 is 28.3 Å². The van der Waals surface area contributed by atoms with Gasteiger partial charge in [-0.25, -0.2) is 4.98 Å². The summed E-state index contributed by atoms with van der Waals surface area (Å²) in [6.45, 7) is 1.90. The first-order valence-corrected chi connectivity index (χ1v) is 6.69. The third-order valence-corrected chi connectivity index (χ3v) is 3.62. The van der Waals surface area contributed by atoms with Gasteiger partial charge >= 0.3 is 0 Å². The molecule has 2 aromatic carbocycles. The van der Waals surface area contributed by atoms with Crippen molar-refractivity contribution in [2.45, 2.75) is 6.92 Å². The lowest BCUT2D eigenvalue weighted by atomic mass is 10.0. The Kier molecular flexibility index (Phi) is 3.25.